The molecule has 0 N–H and O–H groups in total. The lowest BCUT2D eigenvalue weighted by molar-refractivity contribution is 0.837. The topological polar surface area (TPSA) is 17.8 Å². The number of rotatable bonds is 0. The quantitative estimate of drug-likeness (QED) is 0.535. The van der Waals surface area contributed by atoms with Crippen molar-refractivity contribution in [3.63, 3.8) is 0 Å². The van der Waals surface area contributed by atoms with Gasteiger partial charge in [-0.3, -0.25) is 0 Å². The second-order valence-electron chi connectivity index (χ2n) is 1.84. The monoisotopic (exact) mass is 142 g/mol. The Labute approximate surface area is 59.6 Å². The third-order valence-electron chi connectivity index (χ3n) is 1.32. The first-order chi connectivity index (χ1) is 3.97. The summed E-state index contributed by atoms with van der Waals surface area (Å²) in [6.45, 7) is 0.995. The van der Waals surface area contributed by atoms with E-state index in [0.29, 0.717) is 0 Å². The molecule has 2 heterocycles. The number of aromatic nitrogens is 2. The maximum atomic E-state index is 4.07. The Morgan fingerprint density at radius 2 is 2.44 bits per heavy atom. The molecular weight excluding hydrogens is 136 g/mol. The summed E-state index contributed by atoms with van der Waals surface area (Å²) in [7, 11) is 0. The minimum Gasteiger partial charge on any atom is -0.328 e. The van der Waals surface area contributed by atoms with E-state index in [9.17, 15) is 0 Å². The molecule has 0 aliphatic carbocycles. The van der Waals surface area contributed by atoms with Crippen molar-refractivity contribution in [3.05, 3.63) is 24.3 Å². The number of fused-ring (bicyclic) bond motifs is 1. The lowest BCUT2D eigenvalue weighted by Gasteiger charge is -1.88. The first kappa shape index (κ1) is 6.36. The highest BCUT2D eigenvalue weighted by Gasteiger charge is 2.00. The summed E-state index contributed by atoms with van der Waals surface area (Å²) >= 11 is 0. The summed E-state index contributed by atoms with van der Waals surface area (Å²) in [6.07, 6.45) is 7.93. The molecule has 1 aromatic rings. The van der Waals surface area contributed by atoms with E-state index >= 15 is 0 Å². The molecule has 0 unspecified atom stereocenters. The molecule has 0 fully saturated rings. The molecule has 9 heavy (non-hydrogen) atoms. The zero-order chi connectivity index (χ0) is 5.40. The van der Waals surface area contributed by atoms with E-state index < -0.39 is 0 Å². The molecule has 0 saturated heterocycles. The number of hydrogen-bond acceptors (Lipinski definition) is 1. The van der Waals surface area contributed by atoms with Crippen LogP contribution in [0.3, 0.4) is 0 Å². The van der Waals surface area contributed by atoms with E-state index in [0.717, 1.165) is 12.4 Å². The van der Waals surface area contributed by atoms with Crippen LogP contribution in [0.2, 0.25) is 0 Å². The van der Waals surface area contributed by atoms with Gasteiger partial charge in [0.25, 0.3) is 0 Å². The molecule has 2 nitrogen and oxygen atoms in total. The molecule has 1 aromatic heterocycles. The highest BCUT2D eigenvalue weighted by molar-refractivity contribution is 5.85. The van der Waals surface area contributed by atoms with Crippen molar-refractivity contribution in [1.29, 1.82) is 0 Å². The van der Waals surface area contributed by atoms with Crippen LogP contribution in [0.25, 0.3) is 6.08 Å². The third kappa shape index (κ3) is 0.856. The van der Waals surface area contributed by atoms with Gasteiger partial charge in [0.15, 0.2) is 0 Å². The largest absolute Gasteiger partial charge is 0.328 e. The molecule has 0 spiro atoms. The van der Waals surface area contributed by atoms with Gasteiger partial charge in [-0.1, -0.05) is 6.08 Å². The van der Waals surface area contributed by atoms with E-state index in [2.05, 4.69) is 15.6 Å². The molecule has 0 radical (unpaired) electrons. The average Bonchev–Trinajstić information content (AvgIpc) is 2.15. The molecule has 3 heteroatoms. The molecule has 0 aromatic carbocycles. The van der Waals surface area contributed by atoms with Crippen molar-refractivity contribution in [2.75, 3.05) is 0 Å². The summed E-state index contributed by atoms with van der Waals surface area (Å²) in [5, 5.41) is 0. The molecule has 1 aliphatic heterocycles. The molecule has 0 saturated carbocycles. The molecule has 1 aliphatic rings. The lowest BCUT2D eigenvalue weighted by atomic mass is 10.5. The first-order valence-corrected chi connectivity index (χ1v) is 2.64. The highest BCUT2D eigenvalue weighted by Crippen LogP contribution is 2.06. The fourth-order valence-electron chi connectivity index (χ4n) is 0.906. The van der Waals surface area contributed by atoms with E-state index in [1.165, 1.54) is 0 Å². The minimum atomic E-state index is 0. The van der Waals surface area contributed by atoms with Gasteiger partial charge in [-0.25, -0.2) is 4.98 Å². The van der Waals surface area contributed by atoms with Gasteiger partial charge in [0, 0.05) is 18.9 Å². The second-order valence-corrected chi connectivity index (χ2v) is 1.84. The van der Waals surface area contributed by atoms with Crippen molar-refractivity contribution in [1.82, 2.24) is 9.55 Å². The zero-order valence-corrected chi connectivity index (χ0v) is 5.64. The van der Waals surface area contributed by atoms with Gasteiger partial charge in [-0.2, -0.15) is 0 Å². The van der Waals surface area contributed by atoms with E-state index in [1.807, 2.05) is 18.5 Å². The molecule has 2 rings (SSSR count). The summed E-state index contributed by atoms with van der Waals surface area (Å²) in [6, 6.07) is 0. The standard InChI is InChI=1S/C6H6N2.ClH/c1-2-6-7-3-5-8(6)4-1;/h1-3,5H,4H2;1H. The molecule has 48 valence electrons. The van der Waals surface area contributed by atoms with Gasteiger partial charge < -0.3 is 4.57 Å². The second kappa shape index (κ2) is 2.23. The zero-order valence-electron chi connectivity index (χ0n) is 4.82. The number of nitrogens with zero attached hydrogens (tertiary/aromatic N) is 2. The summed E-state index contributed by atoms with van der Waals surface area (Å²) < 4.78 is 2.10. The first-order valence-electron chi connectivity index (χ1n) is 2.64. The Bertz CT molecular complexity index is 227. The lowest BCUT2D eigenvalue weighted by Crippen LogP contribution is -1.88. The predicted octanol–water partition coefficient (Wildman–Crippen LogP) is 1.33. The van der Waals surface area contributed by atoms with Gasteiger partial charge in [-0.05, 0) is 6.08 Å². The van der Waals surface area contributed by atoms with Crippen LogP contribution in [-0.2, 0) is 6.54 Å². The predicted molar refractivity (Wildman–Crippen MR) is 38.5 cm³/mol. The normalized spacial score (nSPS) is 12.9. The maximum Gasteiger partial charge on any atom is 0.132 e. The van der Waals surface area contributed by atoms with Crippen LogP contribution < -0.4 is 0 Å². The molecular formula is C6H7ClN2. The Morgan fingerprint density at radius 3 is 3.22 bits per heavy atom. The third-order valence-corrected chi connectivity index (χ3v) is 1.32. The van der Waals surface area contributed by atoms with Gasteiger partial charge in [0.1, 0.15) is 5.82 Å². The van der Waals surface area contributed by atoms with Crippen LogP contribution in [-0.4, -0.2) is 9.55 Å². The van der Waals surface area contributed by atoms with Gasteiger partial charge in [-0.15, -0.1) is 12.4 Å². The van der Waals surface area contributed by atoms with Crippen molar-refractivity contribution in [3.8, 4) is 0 Å². The summed E-state index contributed by atoms with van der Waals surface area (Å²) in [4.78, 5) is 4.07. The molecule has 0 bridgehead atoms. The van der Waals surface area contributed by atoms with Gasteiger partial charge in [0.05, 0.1) is 0 Å². The summed E-state index contributed by atoms with van der Waals surface area (Å²) in [5.41, 5.74) is 0. The van der Waals surface area contributed by atoms with Crippen molar-refractivity contribution in [2.24, 2.45) is 0 Å². The van der Waals surface area contributed by atoms with Crippen LogP contribution in [0.15, 0.2) is 18.5 Å². The SMILES string of the molecule is C1=Cc2nccn2C1.Cl. The van der Waals surface area contributed by atoms with Crippen molar-refractivity contribution >= 4 is 18.5 Å². The number of hydrogen-bond donors (Lipinski definition) is 0. The maximum absolute atomic E-state index is 4.07. The van der Waals surface area contributed by atoms with Crippen LogP contribution in [0.4, 0.5) is 0 Å². The Balaban J connectivity index is 0.000000405. The molecule has 0 atom stereocenters. The van der Waals surface area contributed by atoms with Crippen molar-refractivity contribution < 1.29 is 0 Å². The van der Waals surface area contributed by atoms with Crippen LogP contribution in [0.5, 0.6) is 0 Å². The number of imidazole rings is 1. The van der Waals surface area contributed by atoms with Crippen LogP contribution >= 0.6 is 12.4 Å². The van der Waals surface area contributed by atoms with Crippen LogP contribution in [0, 0.1) is 0 Å². The highest BCUT2D eigenvalue weighted by atomic mass is 35.5. The number of halogens is 1. The van der Waals surface area contributed by atoms with E-state index in [1.54, 1.807) is 0 Å². The van der Waals surface area contributed by atoms with Crippen molar-refractivity contribution in [2.45, 2.75) is 6.54 Å². The smallest absolute Gasteiger partial charge is 0.132 e. The minimum absolute atomic E-state index is 0. The Morgan fingerprint density at radius 1 is 1.56 bits per heavy atom. The number of allylic oxidation sites excluding steroid dienone is 1. The van der Waals surface area contributed by atoms with E-state index in [-0.39, 0.29) is 12.4 Å². The summed E-state index contributed by atoms with van der Waals surface area (Å²) in [5.74, 6) is 1.07. The van der Waals surface area contributed by atoms with E-state index in [4.69, 9.17) is 0 Å². The average molecular weight is 143 g/mol. The fraction of sp³-hybridized carbons (Fsp3) is 0.167. The van der Waals surface area contributed by atoms with Crippen LogP contribution in [0.1, 0.15) is 5.82 Å². The Kier molecular flexibility index (Phi) is 1.58. The molecule has 0 amide bonds. The van der Waals surface area contributed by atoms with Gasteiger partial charge >= 0.3 is 0 Å². The van der Waals surface area contributed by atoms with Gasteiger partial charge in [0.2, 0.25) is 0 Å². The fourth-order valence-corrected chi connectivity index (χ4v) is 0.906. The Hall–Kier alpha value is -0.760.